The number of rotatable bonds is 8. The number of halogens is 1. The Morgan fingerprint density at radius 2 is 1.85 bits per heavy atom. The lowest BCUT2D eigenvalue weighted by molar-refractivity contribution is -0.122. The van der Waals surface area contributed by atoms with Crippen LogP contribution in [0.5, 0.6) is 11.5 Å². The highest BCUT2D eigenvalue weighted by molar-refractivity contribution is 7.98. The van der Waals surface area contributed by atoms with Gasteiger partial charge in [0, 0.05) is 29.2 Å². The molecule has 0 atom stereocenters. The zero-order chi connectivity index (χ0) is 23.4. The third-order valence-corrected chi connectivity index (χ3v) is 6.16. The van der Waals surface area contributed by atoms with Gasteiger partial charge in [-0.2, -0.15) is 16.9 Å². The first-order valence-electron chi connectivity index (χ1n) is 10.2. The maximum absolute atomic E-state index is 13.1. The Balaban J connectivity index is 1.49. The Hall–Kier alpha value is -3.53. The summed E-state index contributed by atoms with van der Waals surface area (Å²) in [6.07, 6.45) is 0. The van der Waals surface area contributed by atoms with Gasteiger partial charge in [-0.05, 0) is 35.9 Å². The minimum absolute atomic E-state index is 0.0552. The zero-order valence-electron chi connectivity index (χ0n) is 18.2. The highest BCUT2D eigenvalue weighted by Gasteiger charge is 2.25. The largest absolute Gasteiger partial charge is 0.493 e. The van der Waals surface area contributed by atoms with Crippen LogP contribution in [-0.4, -0.2) is 35.8 Å². The standard InChI is InChI=1S/C23H23FN4O4S/c1-31-19-8-5-15(9-20(19)32-2)23(30)26-22-17-12-33-13-18(17)27-28(22)11-21(29)25-10-14-3-6-16(24)7-4-14/h3-9H,10-13H2,1-2H3,(H,25,29)(H,26,30). The van der Waals surface area contributed by atoms with E-state index in [2.05, 4.69) is 15.7 Å². The van der Waals surface area contributed by atoms with Crippen LogP contribution in [-0.2, 0) is 29.4 Å². The summed E-state index contributed by atoms with van der Waals surface area (Å²) in [7, 11) is 3.03. The number of thioether (sulfide) groups is 1. The number of hydrogen-bond donors (Lipinski definition) is 2. The van der Waals surface area contributed by atoms with E-state index in [0.29, 0.717) is 28.6 Å². The molecule has 2 aromatic carbocycles. The van der Waals surface area contributed by atoms with E-state index in [1.165, 1.54) is 31.0 Å². The monoisotopic (exact) mass is 470 g/mol. The van der Waals surface area contributed by atoms with Crippen LogP contribution in [0.2, 0.25) is 0 Å². The Morgan fingerprint density at radius 3 is 2.58 bits per heavy atom. The van der Waals surface area contributed by atoms with Crippen molar-refractivity contribution in [2.24, 2.45) is 0 Å². The van der Waals surface area contributed by atoms with Crippen LogP contribution >= 0.6 is 11.8 Å². The van der Waals surface area contributed by atoms with Crippen LogP contribution < -0.4 is 20.1 Å². The lowest BCUT2D eigenvalue weighted by atomic mass is 10.2. The number of nitrogens with zero attached hydrogens (tertiary/aromatic N) is 2. The molecule has 2 N–H and O–H groups in total. The second-order valence-corrected chi connectivity index (χ2v) is 8.34. The number of aromatic nitrogens is 2. The van der Waals surface area contributed by atoms with Gasteiger partial charge in [-0.1, -0.05) is 12.1 Å². The van der Waals surface area contributed by atoms with E-state index in [-0.39, 0.29) is 30.7 Å². The van der Waals surface area contributed by atoms with Gasteiger partial charge in [-0.25, -0.2) is 9.07 Å². The molecule has 0 spiro atoms. The molecule has 10 heteroatoms. The first-order valence-corrected chi connectivity index (χ1v) is 11.3. The third-order valence-electron chi connectivity index (χ3n) is 5.19. The predicted octanol–water partition coefficient (Wildman–Crippen LogP) is 3.35. The van der Waals surface area contributed by atoms with Gasteiger partial charge >= 0.3 is 0 Å². The van der Waals surface area contributed by atoms with Crippen molar-refractivity contribution in [1.29, 1.82) is 0 Å². The molecule has 0 saturated carbocycles. The quantitative estimate of drug-likeness (QED) is 0.524. The van der Waals surface area contributed by atoms with Gasteiger partial charge in [0.15, 0.2) is 11.5 Å². The minimum Gasteiger partial charge on any atom is -0.493 e. The first-order chi connectivity index (χ1) is 16.0. The maximum Gasteiger partial charge on any atom is 0.256 e. The summed E-state index contributed by atoms with van der Waals surface area (Å²) >= 11 is 1.70. The molecule has 1 aliphatic heterocycles. The van der Waals surface area contributed by atoms with Crippen molar-refractivity contribution in [3.63, 3.8) is 0 Å². The van der Waals surface area contributed by atoms with Gasteiger partial charge in [0.2, 0.25) is 5.91 Å². The van der Waals surface area contributed by atoms with E-state index in [0.717, 1.165) is 22.6 Å². The molecule has 2 heterocycles. The predicted molar refractivity (Wildman–Crippen MR) is 123 cm³/mol. The summed E-state index contributed by atoms with van der Waals surface area (Å²) in [4.78, 5) is 25.5. The molecule has 8 nitrogen and oxygen atoms in total. The molecule has 1 aliphatic rings. The Kier molecular flexibility index (Phi) is 6.83. The molecule has 4 rings (SSSR count). The van der Waals surface area contributed by atoms with Crippen molar-refractivity contribution >= 4 is 29.4 Å². The van der Waals surface area contributed by atoms with Crippen molar-refractivity contribution in [3.8, 4) is 11.5 Å². The number of benzene rings is 2. The molecule has 172 valence electrons. The van der Waals surface area contributed by atoms with Crippen LogP contribution in [0.3, 0.4) is 0 Å². The van der Waals surface area contributed by atoms with Crippen molar-refractivity contribution in [2.45, 2.75) is 24.6 Å². The normalized spacial score (nSPS) is 12.2. The van der Waals surface area contributed by atoms with Gasteiger partial charge in [0.1, 0.15) is 18.2 Å². The molecule has 1 aromatic heterocycles. The van der Waals surface area contributed by atoms with E-state index in [4.69, 9.17) is 9.47 Å². The van der Waals surface area contributed by atoms with Crippen molar-refractivity contribution in [2.75, 3.05) is 19.5 Å². The number of carbonyl (C=O) groups excluding carboxylic acids is 2. The van der Waals surface area contributed by atoms with Crippen LogP contribution in [0, 0.1) is 5.82 Å². The molecule has 3 aromatic rings. The number of hydrogen-bond acceptors (Lipinski definition) is 6. The molecule has 0 fully saturated rings. The summed E-state index contributed by atoms with van der Waals surface area (Å²) in [5.74, 6) is 1.95. The van der Waals surface area contributed by atoms with Gasteiger partial charge in [-0.15, -0.1) is 0 Å². The fourth-order valence-corrected chi connectivity index (χ4v) is 4.51. The van der Waals surface area contributed by atoms with Gasteiger partial charge < -0.3 is 20.1 Å². The molecule has 0 radical (unpaired) electrons. The fraction of sp³-hybridized carbons (Fsp3) is 0.261. The number of amides is 2. The fourth-order valence-electron chi connectivity index (χ4n) is 3.47. The van der Waals surface area contributed by atoms with E-state index in [9.17, 15) is 14.0 Å². The molecular formula is C23H23FN4O4S. The Morgan fingerprint density at radius 1 is 1.09 bits per heavy atom. The van der Waals surface area contributed by atoms with Crippen LogP contribution in [0.25, 0.3) is 0 Å². The van der Waals surface area contributed by atoms with Gasteiger partial charge in [0.05, 0.1) is 19.9 Å². The van der Waals surface area contributed by atoms with Crippen molar-refractivity contribution < 1.29 is 23.5 Å². The van der Waals surface area contributed by atoms with Gasteiger partial charge in [0.25, 0.3) is 5.91 Å². The minimum atomic E-state index is -0.344. The summed E-state index contributed by atoms with van der Waals surface area (Å²) in [5, 5.41) is 10.2. The number of fused-ring (bicyclic) bond motifs is 1. The summed E-state index contributed by atoms with van der Waals surface area (Å²) in [6.45, 7) is 0.212. The Bertz CT molecular complexity index is 1180. The number of ether oxygens (including phenoxy) is 2. The van der Waals surface area contributed by atoms with Crippen molar-refractivity contribution in [1.82, 2.24) is 15.1 Å². The van der Waals surface area contributed by atoms with E-state index in [1.807, 2.05) is 0 Å². The Labute approximate surface area is 194 Å². The van der Waals surface area contributed by atoms with E-state index < -0.39 is 0 Å². The van der Waals surface area contributed by atoms with E-state index >= 15 is 0 Å². The highest BCUT2D eigenvalue weighted by atomic mass is 32.2. The lowest BCUT2D eigenvalue weighted by Gasteiger charge is -2.13. The van der Waals surface area contributed by atoms with Crippen LogP contribution in [0.15, 0.2) is 42.5 Å². The summed E-state index contributed by atoms with van der Waals surface area (Å²) < 4.78 is 25.1. The molecule has 0 aliphatic carbocycles. The number of methoxy groups -OCH3 is 2. The first kappa shape index (κ1) is 22.7. The third kappa shape index (κ3) is 5.11. The summed E-state index contributed by atoms with van der Waals surface area (Å²) in [5.41, 5.74) is 2.95. The summed E-state index contributed by atoms with van der Waals surface area (Å²) in [6, 6.07) is 10.8. The van der Waals surface area contributed by atoms with Crippen LogP contribution in [0.4, 0.5) is 10.2 Å². The SMILES string of the molecule is COc1ccc(C(=O)Nc2c3c(nn2CC(=O)NCc2ccc(F)cc2)CSC3)cc1OC. The highest BCUT2D eigenvalue weighted by Crippen LogP contribution is 2.35. The van der Waals surface area contributed by atoms with Crippen molar-refractivity contribution in [3.05, 3.63) is 70.7 Å². The average molecular weight is 471 g/mol. The maximum atomic E-state index is 13.1. The lowest BCUT2D eigenvalue weighted by Crippen LogP contribution is -2.28. The smallest absolute Gasteiger partial charge is 0.256 e. The molecule has 2 amide bonds. The second-order valence-electron chi connectivity index (χ2n) is 7.35. The molecule has 0 unspecified atom stereocenters. The molecule has 0 saturated heterocycles. The number of carbonyl (C=O) groups is 2. The van der Waals surface area contributed by atoms with Crippen LogP contribution in [0.1, 0.15) is 27.2 Å². The second kappa shape index (κ2) is 9.95. The molecule has 33 heavy (non-hydrogen) atoms. The molecular weight excluding hydrogens is 447 g/mol. The zero-order valence-corrected chi connectivity index (χ0v) is 19.0. The average Bonchev–Trinajstić information content (AvgIpc) is 3.40. The van der Waals surface area contributed by atoms with Gasteiger partial charge in [-0.3, -0.25) is 9.59 Å². The molecule has 0 bridgehead atoms. The topological polar surface area (TPSA) is 94.5 Å². The van der Waals surface area contributed by atoms with E-state index in [1.54, 1.807) is 42.1 Å². The number of anilines is 1. The number of nitrogens with one attached hydrogen (secondary N) is 2.